The van der Waals surface area contributed by atoms with Crippen molar-refractivity contribution in [3.05, 3.63) is 34.4 Å². The van der Waals surface area contributed by atoms with Crippen molar-refractivity contribution >= 4 is 11.4 Å². The standard InChI is InChI=1S/C11H16N2O3/c1-9(14)3-2-8-12-10-4-6-11(7-5-10)13(15)16/h4-7,9,12,14H,2-3,8H2,1H3. The number of nitrogens with one attached hydrogen (secondary N) is 1. The average molecular weight is 224 g/mol. The highest BCUT2D eigenvalue weighted by atomic mass is 16.6. The molecule has 0 heterocycles. The Balaban J connectivity index is 2.35. The van der Waals surface area contributed by atoms with E-state index in [1.54, 1.807) is 19.1 Å². The Morgan fingerprint density at radius 3 is 2.56 bits per heavy atom. The Bertz CT molecular complexity index is 336. The number of rotatable bonds is 6. The van der Waals surface area contributed by atoms with Crippen molar-refractivity contribution in [2.75, 3.05) is 11.9 Å². The molecule has 1 rings (SSSR count). The Morgan fingerprint density at radius 2 is 2.06 bits per heavy atom. The SMILES string of the molecule is CC(O)CCCNc1ccc([N+](=O)[O-])cc1. The molecule has 0 saturated carbocycles. The molecule has 5 heteroatoms. The van der Waals surface area contributed by atoms with E-state index in [1.165, 1.54) is 12.1 Å². The molecule has 0 saturated heterocycles. The first kappa shape index (κ1) is 12.4. The van der Waals surface area contributed by atoms with E-state index in [2.05, 4.69) is 5.32 Å². The third kappa shape index (κ3) is 4.27. The molecule has 0 amide bonds. The Labute approximate surface area is 94.3 Å². The summed E-state index contributed by atoms with van der Waals surface area (Å²) in [6.07, 6.45) is 1.34. The van der Waals surface area contributed by atoms with Gasteiger partial charge >= 0.3 is 0 Å². The summed E-state index contributed by atoms with van der Waals surface area (Å²) >= 11 is 0. The molecule has 0 radical (unpaired) electrons. The largest absolute Gasteiger partial charge is 0.393 e. The Hall–Kier alpha value is -1.62. The third-order valence-corrected chi connectivity index (χ3v) is 2.21. The van der Waals surface area contributed by atoms with Gasteiger partial charge in [-0.15, -0.1) is 0 Å². The van der Waals surface area contributed by atoms with Crippen LogP contribution in [0.2, 0.25) is 0 Å². The van der Waals surface area contributed by atoms with Crippen LogP contribution in [-0.4, -0.2) is 22.7 Å². The van der Waals surface area contributed by atoms with Gasteiger partial charge in [0.2, 0.25) is 0 Å². The fourth-order valence-corrected chi connectivity index (χ4v) is 1.33. The molecule has 0 aliphatic carbocycles. The van der Waals surface area contributed by atoms with E-state index in [9.17, 15) is 10.1 Å². The molecule has 16 heavy (non-hydrogen) atoms. The zero-order valence-corrected chi connectivity index (χ0v) is 9.22. The number of aliphatic hydroxyl groups is 1. The van der Waals surface area contributed by atoms with E-state index in [0.29, 0.717) is 0 Å². The molecule has 0 spiro atoms. The van der Waals surface area contributed by atoms with Gasteiger partial charge in [-0.05, 0) is 31.9 Å². The normalized spacial score (nSPS) is 12.1. The van der Waals surface area contributed by atoms with Crippen molar-refractivity contribution in [2.45, 2.75) is 25.9 Å². The molecule has 0 aliphatic heterocycles. The lowest BCUT2D eigenvalue weighted by atomic mass is 10.2. The molecule has 0 bridgehead atoms. The molecule has 5 nitrogen and oxygen atoms in total. The number of aliphatic hydroxyl groups excluding tert-OH is 1. The van der Waals surface area contributed by atoms with Gasteiger partial charge in [-0.1, -0.05) is 0 Å². The zero-order valence-electron chi connectivity index (χ0n) is 9.22. The summed E-state index contributed by atoms with van der Waals surface area (Å²) in [5.74, 6) is 0. The molecular formula is C11H16N2O3. The average Bonchev–Trinajstić information content (AvgIpc) is 2.25. The van der Waals surface area contributed by atoms with Crippen molar-refractivity contribution in [1.82, 2.24) is 0 Å². The van der Waals surface area contributed by atoms with Crippen LogP contribution in [0.4, 0.5) is 11.4 Å². The highest BCUT2D eigenvalue weighted by Gasteiger charge is 2.03. The van der Waals surface area contributed by atoms with Gasteiger partial charge in [0.05, 0.1) is 11.0 Å². The molecule has 2 N–H and O–H groups in total. The van der Waals surface area contributed by atoms with Crippen LogP contribution >= 0.6 is 0 Å². The van der Waals surface area contributed by atoms with E-state index in [-0.39, 0.29) is 11.8 Å². The topological polar surface area (TPSA) is 75.4 Å². The summed E-state index contributed by atoms with van der Waals surface area (Å²) < 4.78 is 0. The maximum atomic E-state index is 10.4. The summed E-state index contributed by atoms with van der Waals surface area (Å²) in [6.45, 7) is 2.51. The van der Waals surface area contributed by atoms with E-state index >= 15 is 0 Å². The Kier molecular flexibility index (Phi) is 4.72. The highest BCUT2D eigenvalue weighted by Crippen LogP contribution is 2.15. The second kappa shape index (κ2) is 6.07. The maximum Gasteiger partial charge on any atom is 0.269 e. The van der Waals surface area contributed by atoms with Gasteiger partial charge in [-0.2, -0.15) is 0 Å². The molecular weight excluding hydrogens is 208 g/mol. The molecule has 1 aromatic carbocycles. The second-order valence-electron chi connectivity index (χ2n) is 3.72. The lowest BCUT2D eigenvalue weighted by Gasteiger charge is -2.07. The monoisotopic (exact) mass is 224 g/mol. The second-order valence-corrected chi connectivity index (χ2v) is 3.72. The number of nitrogens with zero attached hydrogens (tertiary/aromatic N) is 1. The number of hydrogen-bond donors (Lipinski definition) is 2. The predicted octanol–water partition coefficient (Wildman–Crippen LogP) is 2.17. The van der Waals surface area contributed by atoms with Gasteiger partial charge < -0.3 is 10.4 Å². The first-order valence-corrected chi connectivity index (χ1v) is 5.26. The van der Waals surface area contributed by atoms with Crippen LogP contribution < -0.4 is 5.32 Å². The molecule has 1 unspecified atom stereocenters. The number of benzene rings is 1. The minimum Gasteiger partial charge on any atom is -0.393 e. The zero-order chi connectivity index (χ0) is 12.0. The van der Waals surface area contributed by atoms with E-state index < -0.39 is 4.92 Å². The summed E-state index contributed by atoms with van der Waals surface area (Å²) in [4.78, 5) is 9.99. The number of non-ortho nitro benzene ring substituents is 1. The summed E-state index contributed by atoms with van der Waals surface area (Å²) in [5, 5.41) is 22.6. The fourth-order valence-electron chi connectivity index (χ4n) is 1.33. The van der Waals surface area contributed by atoms with E-state index in [0.717, 1.165) is 25.1 Å². The van der Waals surface area contributed by atoms with Gasteiger partial charge in [0, 0.05) is 24.4 Å². The van der Waals surface area contributed by atoms with Crippen LogP contribution in [-0.2, 0) is 0 Å². The lowest BCUT2D eigenvalue weighted by molar-refractivity contribution is -0.384. The highest BCUT2D eigenvalue weighted by molar-refractivity contribution is 5.48. The summed E-state index contributed by atoms with van der Waals surface area (Å²) in [6, 6.07) is 6.30. The summed E-state index contributed by atoms with van der Waals surface area (Å²) in [7, 11) is 0. The first-order valence-electron chi connectivity index (χ1n) is 5.26. The third-order valence-electron chi connectivity index (χ3n) is 2.21. The van der Waals surface area contributed by atoms with Crippen LogP contribution in [0.3, 0.4) is 0 Å². The quantitative estimate of drug-likeness (QED) is 0.441. The molecule has 88 valence electrons. The van der Waals surface area contributed by atoms with E-state index in [4.69, 9.17) is 5.11 Å². The molecule has 1 aromatic rings. The molecule has 1 atom stereocenters. The maximum absolute atomic E-state index is 10.4. The summed E-state index contributed by atoms with van der Waals surface area (Å²) in [5.41, 5.74) is 0.950. The lowest BCUT2D eigenvalue weighted by Crippen LogP contribution is -2.06. The first-order chi connectivity index (χ1) is 7.59. The van der Waals surface area contributed by atoms with Crippen molar-refractivity contribution < 1.29 is 10.0 Å². The van der Waals surface area contributed by atoms with Gasteiger partial charge in [-0.25, -0.2) is 0 Å². The Morgan fingerprint density at radius 1 is 1.44 bits per heavy atom. The van der Waals surface area contributed by atoms with Crippen molar-refractivity contribution in [3.63, 3.8) is 0 Å². The molecule has 0 aliphatic rings. The fraction of sp³-hybridized carbons (Fsp3) is 0.455. The van der Waals surface area contributed by atoms with Gasteiger partial charge in [-0.3, -0.25) is 10.1 Å². The van der Waals surface area contributed by atoms with Crippen LogP contribution in [0.5, 0.6) is 0 Å². The molecule has 0 aromatic heterocycles. The van der Waals surface area contributed by atoms with Crippen molar-refractivity contribution in [1.29, 1.82) is 0 Å². The van der Waals surface area contributed by atoms with Crippen LogP contribution in [0.15, 0.2) is 24.3 Å². The smallest absolute Gasteiger partial charge is 0.269 e. The minimum absolute atomic E-state index is 0.0922. The number of hydrogen-bond acceptors (Lipinski definition) is 4. The van der Waals surface area contributed by atoms with E-state index in [1.807, 2.05) is 0 Å². The number of nitro groups is 1. The van der Waals surface area contributed by atoms with Crippen LogP contribution in [0, 0.1) is 10.1 Å². The van der Waals surface area contributed by atoms with Gasteiger partial charge in [0.25, 0.3) is 5.69 Å². The van der Waals surface area contributed by atoms with Gasteiger partial charge in [0.15, 0.2) is 0 Å². The van der Waals surface area contributed by atoms with Crippen molar-refractivity contribution in [3.8, 4) is 0 Å². The molecule has 0 fully saturated rings. The number of nitro benzene ring substituents is 1. The van der Waals surface area contributed by atoms with Gasteiger partial charge in [0.1, 0.15) is 0 Å². The predicted molar refractivity (Wildman–Crippen MR) is 62.5 cm³/mol. The van der Waals surface area contributed by atoms with Crippen molar-refractivity contribution in [2.24, 2.45) is 0 Å². The van der Waals surface area contributed by atoms with Crippen LogP contribution in [0.25, 0.3) is 0 Å². The van der Waals surface area contributed by atoms with Crippen LogP contribution in [0.1, 0.15) is 19.8 Å². The number of anilines is 1. The minimum atomic E-state index is -0.419.